The third-order valence-corrected chi connectivity index (χ3v) is 2.84. The van der Waals surface area contributed by atoms with Gasteiger partial charge in [-0.1, -0.05) is 23.7 Å². The largest absolute Gasteiger partial charge is 0.458 e. The van der Waals surface area contributed by atoms with Crippen molar-refractivity contribution in [3.05, 3.63) is 34.3 Å². The fourth-order valence-corrected chi connectivity index (χ4v) is 1.62. The summed E-state index contributed by atoms with van der Waals surface area (Å²) < 4.78 is 9.31. The average Bonchev–Trinajstić information content (AvgIpc) is 2.34. The van der Waals surface area contributed by atoms with Crippen LogP contribution in [0.5, 0.6) is 0 Å². The smallest absolute Gasteiger partial charge is 0.417 e. The molecule has 5 heteroatoms. The molecule has 0 atom stereocenters. The van der Waals surface area contributed by atoms with E-state index in [2.05, 4.69) is 4.74 Å². The van der Waals surface area contributed by atoms with Gasteiger partial charge >= 0.3 is 11.9 Å². The van der Waals surface area contributed by atoms with Crippen molar-refractivity contribution in [3.8, 4) is 0 Å². The molecule has 0 radical (unpaired) electrons. The van der Waals surface area contributed by atoms with Crippen LogP contribution >= 0.6 is 11.6 Å². The lowest BCUT2D eigenvalue weighted by Gasteiger charge is -2.07. The maximum absolute atomic E-state index is 11.2. The molecule has 1 aromatic rings. The zero-order valence-corrected chi connectivity index (χ0v) is 11.1. The summed E-state index contributed by atoms with van der Waals surface area (Å²) in [7, 11) is 0. The van der Waals surface area contributed by atoms with E-state index < -0.39 is 11.9 Å². The molecule has 0 spiro atoms. The Hall–Kier alpha value is -1.55. The number of benzene rings is 1. The van der Waals surface area contributed by atoms with Gasteiger partial charge in [-0.2, -0.15) is 0 Å². The van der Waals surface area contributed by atoms with Gasteiger partial charge in [-0.15, -0.1) is 0 Å². The first kappa shape index (κ1) is 14.5. The second-order valence-electron chi connectivity index (χ2n) is 3.63. The Bertz CT molecular complexity index is 443. The summed E-state index contributed by atoms with van der Waals surface area (Å²) in [6, 6.07) is 5.53. The van der Waals surface area contributed by atoms with Gasteiger partial charge in [0.15, 0.2) is 0 Å². The number of carbonyl (C=O) groups is 2. The minimum absolute atomic E-state index is 0.124. The van der Waals surface area contributed by atoms with E-state index in [1.54, 1.807) is 13.0 Å². The highest BCUT2D eigenvalue weighted by molar-refractivity contribution is 6.31. The SMILES string of the molecule is CCOC(=O)C(=O)OCCc1cccc(Cl)c1C. The number of hydrogen-bond donors (Lipinski definition) is 0. The molecule has 1 rings (SSSR count). The minimum Gasteiger partial charge on any atom is -0.458 e. The second-order valence-corrected chi connectivity index (χ2v) is 4.04. The van der Waals surface area contributed by atoms with E-state index in [0.29, 0.717) is 11.4 Å². The molecule has 0 bridgehead atoms. The van der Waals surface area contributed by atoms with Crippen LogP contribution in [0, 0.1) is 6.92 Å². The molecule has 4 nitrogen and oxygen atoms in total. The molecular weight excluding hydrogens is 256 g/mol. The standard InChI is InChI=1S/C13H15ClO4/c1-3-17-12(15)13(16)18-8-7-10-5-4-6-11(14)9(10)2/h4-6H,3,7-8H2,1-2H3. The molecule has 0 amide bonds. The van der Waals surface area contributed by atoms with Crippen LogP contribution in [0.25, 0.3) is 0 Å². The van der Waals surface area contributed by atoms with Crippen molar-refractivity contribution >= 4 is 23.5 Å². The summed E-state index contributed by atoms with van der Waals surface area (Å²) in [5.74, 6) is -1.92. The predicted octanol–water partition coefficient (Wildman–Crippen LogP) is 2.30. The summed E-state index contributed by atoms with van der Waals surface area (Å²) in [6.07, 6.45) is 0.511. The maximum Gasteiger partial charge on any atom is 0.417 e. The van der Waals surface area contributed by atoms with Crippen molar-refractivity contribution < 1.29 is 19.1 Å². The molecular formula is C13H15ClO4. The number of halogens is 1. The number of hydrogen-bond acceptors (Lipinski definition) is 4. The van der Waals surface area contributed by atoms with E-state index in [4.69, 9.17) is 16.3 Å². The quantitative estimate of drug-likeness (QED) is 0.622. The highest BCUT2D eigenvalue weighted by Crippen LogP contribution is 2.18. The average molecular weight is 271 g/mol. The van der Waals surface area contributed by atoms with Gasteiger partial charge in [-0.05, 0) is 31.0 Å². The summed E-state index contributed by atoms with van der Waals surface area (Å²) in [5, 5.41) is 0.671. The number of carbonyl (C=O) groups excluding carboxylic acids is 2. The molecule has 0 heterocycles. The van der Waals surface area contributed by atoms with E-state index in [-0.39, 0.29) is 13.2 Å². The van der Waals surface area contributed by atoms with Crippen LogP contribution in [0.3, 0.4) is 0 Å². The molecule has 0 saturated heterocycles. The van der Waals surface area contributed by atoms with Gasteiger partial charge < -0.3 is 9.47 Å². The van der Waals surface area contributed by atoms with Crippen LogP contribution in [0.1, 0.15) is 18.1 Å². The zero-order chi connectivity index (χ0) is 13.5. The number of ether oxygens (including phenoxy) is 2. The minimum atomic E-state index is -0.962. The molecule has 0 saturated carbocycles. The zero-order valence-electron chi connectivity index (χ0n) is 10.4. The van der Waals surface area contributed by atoms with Crippen LogP contribution in [0.15, 0.2) is 18.2 Å². The van der Waals surface area contributed by atoms with Crippen LogP contribution < -0.4 is 0 Å². The van der Waals surface area contributed by atoms with Crippen molar-refractivity contribution in [1.82, 2.24) is 0 Å². The van der Waals surface area contributed by atoms with Crippen molar-refractivity contribution in [2.24, 2.45) is 0 Å². The Morgan fingerprint density at radius 1 is 1.22 bits per heavy atom. The Kier molecular flexibility index (Phi) is 5.65. The van der Waals surface area contributed by atoms with Gasteiger partial charge in [-0.25, -0.2) is 9.59 Å². The summed E-state index contributed by atoms with van der Waals surface area (Å²) >= 11 is 5.97. The molecule has 0 aromatic heterocycles. The molecule has 0 N–H and O–H groups in total. The third-order valence-electron chi connectivity index (χ3n) is 2.43. The molecule has 0 unspecified atom stereocenters. The normalized spacial score (nSPS) is 9.94. The van der Waals surface area contributed by atoms with Crippen LogP contribution in [-0.2, 0) is 25.5 Å². The topological polar surface area (TPSA) is 52.6 Å². The number of rotatable bonds is 4. The fraction of sp³-hybridized carbons (Fsp3) is 0.385. The van der Waals surface area contributed by atoms with Gasteiger partial charge in [0.1, 0.15) is 0 Å². The first-order valence-electron chi connectivity index (χ1n) is 5.64. The molecule has 0 fully saturated rings. The fourth-order valence-electron chi connectivity index (χ4n) is 1.43. The van der Waals surface area contributed by atoms with Gasteiger partial charge in [0.2, 0.25) is 0 Å². The Labute approximate surface area is 111 Å². The van der Waals surface area contributed by atoms with Crippen molar-refractivity contribution in [2.75, 3.05) is 13.2 Å². The Morgan fingerprint density at radius 3 is 2.56 bits per heavy atom. The summed E-state index contributed by atoms with van der Waals surface area (Å²) in [4.78, 5) is 22.1. The lowest BCUT2D eigenvalue weighted by Crippen LogP contribution is -2.21. The van der Waals surface area contributed by atoms with Crippen LogP contribution in [-0.4, -0.2) is 25.2 Å². The summed E-state index contributed by atoms with van der Waals surface area (Å²) in [5.41, 5.74) is 1.94. The third kappa shape index (κ3) is 4.04. The van der Waals surface area contributed by atoms with Crippen molar-refractivity contribution in [2.45, 2.75) is 20.3 Å². The van der Waals surface area contributed by atoms with Crippen molar-refractivity contribution in [3.63, 3.8) is 0 Å². The lowest BCUT2D eigenvalue weighted by molar-refractivity contribution is -0.167. The highest BCUT2D eigenvalue weighted by Gasteiger charge is 2.16. The number of esters is 2. The maximum atomic E-state index is 11.2. The molecule has 0 aliphatic heterocycles. The van der Waals surface area contributed by atoms with Gasteiger partial charge in [0.25, 0.3) is 0 Å². The van der Waals surface area contributed by atoms with E-state index in [1.165, 1.54) is 0 Å². The summed E-state index contributed by atoms with van der Waals surface area (Å²) in [6.45, 7) is 3.80. The van der Waals surface area contributed by atoms with E-state index in [9.17, 15) is 9.59 Å². The molecule has 98 valence electrons. The van der Waals surface area contributed by atoms with Gasteiger partial charge in [0.05, 0.1) is 13.2 Å². The van der Waals surface area contributed by atoms with E-state index in [1.807, 2.05) is 19.1 Å². The van der Waals surface area contributed by atoms with Gasteiger partial charge in [-0.3, -0.25) is 0 Å². The first-order chi connectivity index (χ1) is 8.56. The molecule has 0 aliphatic carbocycles. The highest BCUT2D eigenvalue weighted by atomic mass is 35.5. The van der Waals surface area contributed by atoms with Gasteiger partial charge in [0, 0.05) is 11.4 Å². The van der Waals surface area contributed by atoms with Crippen LogP contribution in [0.4, 0.5) is 0 Å². The monoisotopic (exact) mass is 270 g/mol. The molecule has 1 aromatic carbocycles. The van der Waals surface area contributed by atoms with Crippen molar-refractivity contribution in [1.29, 1.82) is 0 Å². The molecule has 18 heavy (non-hydrogen) atoms. The Balaban J connectivity index is 2.45. The predicted molar refractivity (Wildman–Crippen MR) is 67.5 cm³/mol. The van der Waals surface area contributed by atoms with E-state index >= 15 is 0 Å². The Morgan fingerprint density at radius 2 is 1.89 bits per heavy atom. The van der Waals surface area contributed by atoms with E-state index in [0.717, 1.165) is 11.1 Å². The first-order valence-corrected chi connectivity index (χ1v) is 6.02. The van der Waals surface area contributed by atoms with Crippen LogP contribution in [0.2, 0.25) is 5.02 Å². The second kappa shape index (κ2) is 7.01. The lowest BCUT2D eigenvalue weighted by atomic mass is 10.1. The molecule has 0 aliphatic rings.